The predicted octanol–water partition coefficient (Wildman–Crippen LogP) is 3.89. The van der Waals surface area contributed by atoms with E-state index in [-0.39, 0.29) is 18.4 Å². The number of ether oxygens (including phenoxy) is 1. The fourth-order valence-corrected chi connectivity index (χ4v) is 3.19. The first kappa shape index (κ1) is 21.8. The smallest absolute Gasteiger partial charge is 0.261 e. The van der Waals surface area contributed by atoms with E-state index in [1.54, 1.807) is 24.1 Å². The van der Waals surface area contributed by atoms with Gasteiger partial charge in [0, 0.05) is 18.6 Å². The Hall–Kier alpha value is -2.53. The van der Waals surface area contributed by atoms with Crippen LogP contribution in [0.4, 0.5) is 0 Å². The van der Waals surface area contributed by atoms with Gasteiger partial charge in [0.05, 0.1) is 0 Å². The molecule has 2 aromatic carbocycles. The van der Waals surface area contributed by atoms with Crippen LogP contribution in [-0.4, -0.2) is 36.4 Å². The molecule has 1 atom stereocenters. The second-order valence-corrected chi connectivity index (χ2v) is 7.08. The first-order valence-electron chi connectivity index (χ1n) is 9.31. The Kier molecular flexibility index (Phi) is 7.88. The minimum atomic E-state index is -0.560. The zero-order valence-corrected chi connectivity index (χ0v) is 17.5. The summed E-state index contributed by atoms with van der Waals surface area (Å²) in [5, 5.41) is 3.33. The van der Waals surface area contributed by atoms with E-state index in [0.29, 0.717) is 23.7 Å². The highest BCUT2D eigenvalue weighted by Crippen LogP contribution is 2.26. The van der Waals surface area contributed by atoms with E-state index in [1.807, 2.05) is 51.1 Å². The van der Waals surface area contributed by atoms with Crippen LogP contribution < -0.4 is 10.1 Å². The van der Waals surface area contributed by atoms with Gasteiger partial charge < -0.3 is 15.0 Å². The van der Waals surface area contributed by atoms with E-state index in [2.05, 4.69) is 5.32 Å². The Morgan fingerprint density at radius 3 is 2.29 bits per heavy atom. The molecule has 2 amide bonds. The molecule has 150 valence electrons. The maximum absolute atomic E-state index is 13.0. The molecule has 0 saturated carbocycles. The number of rotatable bonds is 8. The first-order chi connectivity index (χ1) is 13.4. The molecule has 5 nitrogen and oxygen atoms in total. The second-order valence-electron chi connectivity index (χ2n) is 6.71. The van der Waals surface area contributed by atoms with Crippen LogP contribution >= 0.6 is 11.6 Å². The van der Waals surface area contributed by atoms with Crippen LogP contribution in [0.1, 0.15) is 30.0 Å². The third-order valence-electron chi connectivity index (χ3n) is 4.60. The Labute approximate surface area is 171 Å². The van der Waals surface area contributed by atoms with E-state index in [1.165, 1.54) is 0 Å². The summed E-state index contributed by atoms with van der Waals surface area (Å²) < 4.78 is 5.73. The number of amides is 2. The molecule has 0 bridgehead atoms. The Bertz CT molecular complexity index is 801. The van der Waals surface area contributed by atoms with E-state index >= 15 is 0 Å². The summed E-state index contributed by atoms with van der Waals surface area (Å²) in [4.78, 5) is 26.9. The second kappa shape index (κ2) is 10.1. The lowest BCUT2D eigenvalue weighted by Crippen LogP contribution is -2.49. The van der Waals surface area contributed by atoms with E-state index in [4.69, 9.17) is 16.3 Å². The van der Waals surface area contributed by atoms with Gasteiger partial charge in [-0.2, -0.15) is 0 Å². The van der Waals surface area contributed by atoms with Crippen molar-refractivity contribution in [3.05, 3.63) is 64.2 Å². The number of halogens is 1. The van der Waals surface area contributed by atoms with Crippen molar-refractivity contribution in [1.29, 1.82) is 0 Å². The highest BCUT2D eigenvalue weighted by Gasteiger charge is 2.28. The van der Waals surface area contributed by atoms with Crippen LogP contribution in [0.3, 0.4) is 0 Å². The quantitative estimate of drug-likeness (QED) is 0.728. The molecule has 0 aliphatic carbocycles. The van der Waals surface area contributed by atoms with Crippen molar-refractivity contribution in [2.45, 2.75) is 39.8 Å². The molecule has 28 heavy (non-hydrogen) atoms. The molecule has 1 N–H and O–H groups in total. The van der Waals surface area contributed by atoms with Crippen molar-refractivity contribution in [1.82, 2.24) is 10.2 Å². The molecule has 0 aliphatic rings. The Morgan fingerprint density at radius 1 is 1.14 bits per heavy atom. The zero-order valence-electron chi connectivity index (χ0n) is 16.8. The van der Waals surface area contributed by atoms with Crippen molar-refractivity contribution in [2.75, 3.05) is 13.7 Å². The Morgan fingerprint density at radius 2 is 1.75 bits per heavy atom. The van der Waals surface area contributed by atoms with Crippen molar-refractivity contribution in [3.8, 4) is 5.75 Å². The summed E-state index contributed by atoms with van der Waals surface area (Å²) in [5.74, 6) is 0.148. The number of hydrogen-bond donors (Lipinski definition) is 1. The zero-order chi connectivity index (χ0) is 20.7. The number of likely N-dealkylation sites (N-methyl/N-ethyl adjacent to an activating group) is 1. The average molecular weight is 403 g/mol. The predicted molar refractivity (Wildman–Crippen MR) is 112 cm³/mol. The SMILES string of the molecule is CC[C@H](C(=O)NC)N(Cc1ccccc1)C(=O)COc1cc(C)c(Cl)c(C)c1. The molecule has 2 aromatic rings. The van der Waals surface area contributed by atoms with E-state index in [9.17, 15) is 9.59 Å². The maximum atomic E-state index is 13.0. The van der Waals surface area contributed by atoms with Crippen molar-refractivity contribution < 1.29 is 14.3 Å². The summed E-state index contributed by atoms with van der Waals surface area (Å²) in [7, 11) is 1.58. The number of carbonyl (C=O) groups is 2. The molecule has 0 aliphatic heterocycles. The highest BCUT2D eigenvalue weighted by atomic mass is 35.5. The lowest BCUT2D eigenvalue weighted by Gasteiger charge is -2.30. The van der Waals surface area contributed by atoms with Gasteiger partial charge in [-0.25, -0.2) is 0 Å². The topological polar surface area (TPSA) is 58.6 Å². The number of benzene rings is 2. The summed E-state index contributed by atoms with van der Waals surface area (Å²) in [6.45, 7) is 5.86. The molecule has 0 aromatic heterocycles. The molecule has 0 spiro atoms. The van der Waals surface area contributed by atoms with Gasteiger partial charge in [-0.3, -0.25) is 9.59 Å². The van der Waals surface area contributed by atoms with Crippen molar-refractivity contribution in [2.24, 2.45) is 0 Å². The monoisotopic (exact) mass is 402 g/mol. The summed E-state index contributed by atoms with van der Waals surface area (Å²) in [5.41, 5.74) is 2.74. The van der Waals surface area contributed by atoms with Gasteiger partial charge in [0.2, 0.25) is 5.91 Å². The van der Waals surface area contributed by atoms with Crippen LogP contribution in [0.5, 0.6) is 5.75 Å². The highest BCUT2D eigenvalue weighted by molar-refractivity contribution is 6.32. The van der Waals surface area contributed by atoms with Crippen LogP contribution in [-0.2, 0) is 16.1 Å². The number of hydrogen-bond acceptors (Lipinski definition) is 3. The van der Waals surface area contributed by atoms with Gasteiger partial charge in [-0.05, 0) is 49.1 Å². The molecular formula is C22H27ClN2O3. The van der Waals surface area contributed by atoms with Gasteiger partial charge in [-0.1, -0.05) is 48.9 Å². The maximum Gasteiger partial charge on any atom is 0.261 e. The van der Waals surface area contributed by atoms with Gasteiger partial charge in [-0.15, -0.1) is 0 Å². The number of nitrogens with zero attached hydrogens (tertiary/aromatic N) is 1. The van der Waals surface area contributed by atoms with Gasteiger partial charge in [0.25, 0.3) is 5.91 Å². The molecule has 0 unspecified atom stereocenters. The minimum Gasteiger partial charge on any atom is -0.484 e. The van der Waals surface area contributed by atoms with Crippen molar-refractivity contribution >= 4 is 23.4 Å². The summed E-state index contributed by atoms with van der Waals surface area (Å²) in [6.07, 6.45) is 0.511. The van der Waals surface area contributed by atoms with Gasteiger partial charge in [0.15, 0.2) is 6.61 Å². The molecule has 0 radical (unpaired) electrons. The van der Waals surface area contributed by atoms with Crippen LogP contribution in [0, 0.1) is 13.8 Å². The van der Waals surface area contributed by atoms with Crippen molar-refractivity contribution in [3.63, 3.8) is 0 Å². The lowest BCUT2D eigenvalue weighted by atomic mass is 10.1. The van der Waals surface area contributed by atoms with E-state index < -0.39 is 6.04 Å². The van der Waals surface area contributed by atoms with Gasteiger partial charge in [0.1, 0.15) is 11.8 Å². The van der Waals surface area contributed by atoms with Crippen LogP contribution in [0.2, 0.25) is 5.02 Å². The van der Waals surface area contributed by atoms with Gasteiger partial charge >= 0.3 is 0 Å². The minimum absolute atomic E-state index is 0.152. The van der Waals surface area contributed by atoms with Crippen LogP contribution in [0.15, 0.2) is 42.5 Å². The molecule has 2 rings (SSSR count). The summed E-state index contributed by atoms with van der Waals surface area (Å²) >= 11 is 6.19. The largest absolute Gasteiger partial charge is 0.484 e. The number of nitrogens with one attached hydrogen (secondary N) is 1. The molecule has 0 fully saturated rings. The third kappa shape index (κ3) is 5.49. The normalized spacial score (nSPS) is 11.6. The standard InChI is InChI=1S/C22H27ClN2O3/c1-5-19(22(27)24-4)25(13-17-9-7-6-8-10-17)20(26)14-28-18-11-15(2)21(23)16(3)12-18/h6-12,19H,5,13-14H2,1-4H3,(H,24,27)/t19-/m1/s1. The molecule has 0 heterocycles. The molecular weight excluding hydrogens is 376 g/mol. The fourth-order valence-electron chi connectivity index (χ4n) is 3.08. The summed E-state index contributed by atoms with van der Waals surface area (Å²) in [6, 6.07) is 12.7. The van der Waals surface area contributed by atoms with E-state index in [0.717, 1.165) is 16.7 Å². The average Bonchev–Trinajstić information content (AvgIpc) is 2.70. The number of carbonyl (C=O) groups excluding carboxylic acids is 2. The Balaban J connectivity index is 2.19. The first-order valence-corrected chi connectivity index (χ1v) is 9.69. The number of aryl methyl sites for hydroxylation is 2. The third-order valence-corrected chi connectivity index (χ3v) is 5.20. The van der Waals surface area contributed by atoms with Crippen LogP contribution in [0.25, 0.3) is 0 Å². The fraction of sp³-hybridized carbons (Fsp3) is 0.364. The lowest BCUT2D eigenvalue weighted by molar-refractivity contribution is -0.142. The molecule has 6 heteroatoms. The molecule has 0 saturated heterocycles.